The van der Waals surface area contributed by atoms with E-state index in [1.165, 1.54) is 5.56 Å². The van der Waals surface area contributed by atoms with Crippen LogP contribution in [0.15, 0.2) is 29.0 Å². The predicted octanol–water partition coefficient (Wildman–Crippen LogP) is 2.13. The Morgan fingerprint density at radius 3 is 2.62 bits per heavy atom. The van der Waals surface area contributed by atoms with Crippen molar-refractivity contribution in [2.24, 2.45) is 0 Å². The fourth-order valence-electron chi connectivity index (χ4n) is 3.38. The molecule has 0 aliphatic carbocycles. The van der Waals surface area contributed by atoms with Gasteiger partial charge in [0, 0.05) is 50.7 Å². The zero-order valence-electron chi connectivity index (χ0n) is 14.5. The Morgan fingerprint density at radius 2 is 2.04 bits per heavy atom. The number of carbonyl (C=O) groups excluding carboxylic acids is 1. The van der Waals surface area contributed by atoms with Crippen LogP contribution in [0.4, 0.5) is 0 Å². The molecule has 0 saturated carbocycles. The number of hydrogen-bond donors (Lipinski definition) is 0. The standard InChI is InChI=1S/C18H24N4O2/c1-13(17-14(2)20-24-15(17)3)18(23)22-9-7-21(8-10-22)12-16-5-4-6-19-11-16/h4-6,11,13H,7-10,12H2,1-3H3/t13-/m1/s1. The van der Waals surface area contributed by atoms with Gasteiger partial charge in [0.25, 0.3) is 0 Å². The molecule has 2 aromatic heterocycles. The van der Waals surface area contributed by atoms with E-state index >= 15 is 0 Å². The molecule has 0 bridgehead atoms. The summed E-state index contributed by atoms with van der Waals surface area (Å²) < 4.78 is 5.20. The van der Waals surface area contributed by atoms with E-state index in [1.807, 2.05) is 37.9 Å². The zero-order valence-corrected chi connectivity index (χ0v) is 14.5. The molecule has 1 aliphatic rings. The van der Waals surface area contributed by atoms with E-state index in [2.05, 4.69) is 21.1 Å². The van der Waals surface area contributed by atoms with E-state index in [0.29, 0.717) is 0 Å². The normalized spacial score (nSPS) is 17.0. The second kappa shape index (κ2) is 7.13. The van der Waals surface area contributed by atoms with Crippen molar-refractivity contribution in [3.63, 3.8) is 0 Å². The highest BCUT2D eigenvalue weighted by atomic mass is 16.5. The molecule has 6 heteroatoms. The molecule has 0 unspecified atom stereocenters. The van der Waals surface area contributed by atoms with Crippen LogP contribution in [-0.4, -0.2) is 52.0 Å². The van der Waals surface area contributed by atoms with E-state index in [4.69, 9.17) is 4.52 Å². The predicted molar refractivity (Wildman–Crippen MR) is 90.5 cm³/mol. The average Bonchev–Trinajstić information content (AvgIpc) is 2.94. The highest BCUT2D eigenvalue weighted by molar-refractivity contribution is 5.84. The molecular formula is C18H24N4O2. The van der Waals surface area contributed by atoms with Crippen molar-refractivity contribution in [3.05, 3.63) is 47.1 Å². The molecule has 3 rings (SSSR count). The maximum atomic E-state index is 12.8. The summed E-state index contributed by atoms with van der Waals surface area (Å²) in [5, 5.41) is 3.96. The van der Waals surface area contributed by atoms with Crippen molar-refractivity contribution in [2.75, 3.05) is 26.2 Å². The number of nitrogens with zero attached hydrogens (tertiary/aromatic N) is 4. The van der Waals surface area contributed by atoms with Crippen LogP contribution in [0.5, 0.6) is 0 Å². The smallest absolute Gasteiger partial charge is 0.230 e. The van der Waals surface area contributed by atoms with Gasteiger partial charge in [-0.2, -0.15) is 0 Å². The summed E-state index contributed by atoms with van der Waals surface area (Å²) in [5.74, 6) is 0.690. The van der Waals surface area contributed by atoms with Gasteiger partial charge < -0.3 is 9.42 Å². The van der Waals surface area contributed by atoms with Crippen molar-refractivity contribution < 1.29 is 9.32 Å². The van der Waals surface area contributed by atoms with Gasteiger partial charge in [-0.25, -0.2) is 0 Å². The zero-order chi connectivity index (χ0) is 17.1. The molecular weight excluding hydrogens is 304 g/mol. The Morgan fingerprint density at radius 1 is 1.29 bits per heavy atom. The Hall–Kier alpha value is -2.21. The number of hydrogen-bond acceptors (Lipinski definition) is 5. The Balaban J connectivity index is 1.57. The van der Waals surface area contributed by atoms with Crippen molar-refractivity contribution in [2.45, 2.75) is 33.2 Å². The number of carbonyl (C=O) groups is 1. The van der Waals surface area contributed by atoms with Gasteiger partial charge in [-0.05, 0) is 32.4 Å². The molecule has 1 fully saturated rings. The average molecular weight is 328 g/mol. The molecule has 1 saturated heterocycles. The summed E-state index contributed by atoms with van der Waals surface area (Å²) in [6, 6.07) is 4.05. The second-order valence-corrected chi connectivity index (χ2v) is 6.42. The Kier molecular flexibility index (Phi) is 4.94. The van der Waals surface area contributed by atoms with E-state index in [9.17, 15) is 4.79 Å². The third kappa shape index (κ3) is 3.48. The fraction of sp³-hybridized carbons (Fsp3) is 0.500. The summed E-state index contributed by atoms with van der Waals surface area (Å²) in [6.45, 7) is 9.86. The number of rotatable bonds is 4. The van der Waals surface area contributed by atoms with Crippen LogP contribution >= 0.6 is 0 Å². The fourth-order valence-corrected chi connectivity index (χ4v) is 3.38. The molecule has 0 spiro atoms. The first-order valence-corrected chi connectivity index (χ1v) is 8.39. The minimum Gasteiger partial charge on any atom is -0.361 e. The topological polar surface area (TPSA) is 62.5 Å². The Bertz CT molecular complexity index is 671. The second-order valence-electron chi connectivity index (χ2n) is 6.42. The van der Waals surface area contributed by atoms with Gasteiger partial charge in [-0.1, -0.05) is 11.2 Å². The molecule has 0 aromatic carbocycles. The maximum absolute atomic E-state index is 12.8. The minimum absolute atomic E-state index is 0.158. The molecule has 128 valence electrons. The van der Waals surface area contributed by atoms with Crippen molar-refractivity contribution in [3.8, 4) is 0 Å². The van der Waals surface area contributed by atoms with Crippen molar-refractivity contribution in [1.82, 2.24) is 19.9 Å². The van der Waals surface area contributed by atoms with Crippen LogP contribution in [0, 0.1) is 13.8 Å². The molecule has 1 amide bonds. The van der Waals surface area contributed by atoms with Gasteiger partial charge in [0.15, 0.2) is 0 Å². The van der Waals surface area contributed by atoms with Gasteiger partial charge in [0.1, 0.15) is 5.76 Å². The number of pyridine rings is 1. The SMILES string of the molecule is Cc1noc(C)c1[C@@H](C)C(=O)N1CCN(Cc2cccnc2)CC1. The lowest BCUT2D eigenvalue weighted by Crippen LogP contribution is -2.49. The molecule has 1 atom stereocenters. The van der Waals surface area contributed by atoms with Crippen molar-refractivity contribution in [1.29, 1.82) is 0 Å². The molecule has 0 radical (unpaired) electrons. The largest absolute Gasteiger partial charge is 0.361 e. The van der Waals surface area contributed by atoms with Crippen LogP contribution in [-0.2, 0) is 11.3 Å². The summed E-state index contributed by atoms with van der Waals surface area (Å²) in [7, 11) is 0. The van der Waals surface area contributed by atoms with Crippen LogP contribution in [0.2, 0.25) is 0 Å². The van der Waals surface area contributed by atoms with Gasteiger partial charge in [-0.15, -0.1) is 0 Å². The van der Waals surface area contributed by atoms with Crippen LogP contribution < -0.4 is 0 Å². The Labute approximate surface area is 142 Å². The third-order valence-electron chi connectivity index (χ3n) is 4.70. The molecule has 24 heavy (non-hydrogen) atoms. The maximum Gasteiger partial charge on any atom is 0.230 e. The number of aryl methyl sites for hydroxylation is 2. The van der Waals surface area contributed by atoms with Crippen LogP contribution in [0.1, 0.15) is 35.4 Å². The molecule has 6 nitrogen and oxygen atoms in total. The summed E-state index contributed by atoms with van der Waals surface area (Å²) >= 11 is 0. The van der Waals surface area contributed by atoms with Gasteiger partial charge >= 0.3 is 0 Å². The van der Waals surface area contributed by atoms with E-state index in [-0.39, 0.29) is 11.8 Å². The quantitative estimate of drug-likeness (QED) is 0.860. The van der Waals surface area contributed by atoms with Crippen molar-refractivity contribution >= 4 is 5.91 Å². The van der Waals surface area contributed by atoms with E-state index < -0.39 is 0 Å². The lowest BCUT2D eigenvalue weighted by molar-refractivity contribution is -0.134. The van der Waals surface area contributed by atoms with Crippen LogP contribution in [0.25, 0.3) is 0 Å². The molecule has 1 aliphatic heterocycles. The van der Waals surface area contributed by atoms with Gasteiger partial charge in [0.05, 0.1) is 11.6 Å². The molecule has 3 heterocycles. The highest BCUT2D eigenvalue weighted by Gasteiger charge is 2.29. The first-order chi connectivity index (χ1) is 11.6. The number of aromatic nitrogens is 2. The summed E-state index contributed by atoms with van der Waals surface area (Å²) in [6.07, 6.45) is 3.69. The lowest BCUT2D eigenvalue weighted by Gasteiger charge is -2.36. The molecule has 2 aromatic rings. The third-order valence-corrected chi connectivity index (χ3v) is 4.70. The van der Waals surface area contributed by atoms with E-state index in [0.717, 1.165) is 49.7 Å². The van der Waals surface area contributed by atoms with Gasteiger partial charge in [0.2, 0.25) is 5.91 Å². The first-order valence-electron chi connectivity index (χ1n) is 8.39. The van der Waals surface area contributed by atoms with Crippen LogP contribution in [0.3, 0.4) is 0 Å². The monoisotopic (exact) mass is 328 g/mol. The summed E-state index contributed by atoms with van der Waals surface area (Å²) in [4.78, 5) is 21.3. The minimum atomic E-state index is -0.207. The first kappa shape index (κ1) is 16.6. The van der Waals surface area contributed by atoms with E-state index in [1.54, 1.807) is 6.20 Å². The number of amides is 1. The number of piperazine rings is 1. The van der Waals surface area contributed by atoms with Gasteiger partial charge in [-0.3, -0.25) is 14.7 Å². The summed E-state index contributed by atoms with van der Waals surface area (Å²) in [5.41, 5.74) is 2.95. The molecule has 0 N–H and O–H groups in total. The lowest BCUT2D eigenvalue weighted by atomic mass is 9.97. The highest BCUT2D eigenvalue weighted by Crippen LogP contribution is 2.25.